The molecule has 3 N–H and O–H groups in total. The number of aromatic nitrogens is 2. The minimum absolute atomic E-state index is 0.0733. The molecule has 1 aliphatic carbocycles. The monoisotopic (exact) mass is 412 g/mol. The average Bonchev–Trinajstić information content (AvgIpc) is 3.37. The van der Waals surface area contributed by atoms with Crippen LogP contribution in [0.25, 0.3) is 10.8 Å². The first-order chi connectivity index (χ1) is 14.5. The minimum Gasteiger partial charge on any atom is -0.348 e. The van der Waals surface area contributed by atoms with Gasteiger partial charge in [0.25, 0.3) is 5.91 Å². The van der Waals surface area contributed by atoms with Crippen molar-refractivity contribution in [3.63, 3.8) is 0 Å². The summed E-state index contributed by atoms with van der Waals surface area (Å²) in [6.45, 7) is 0. The van der Waals surface area contributed by atoms with E-state index in [0.29, 0.717) is 18.7 Å². The van der Waals surface area contributed by atoms with E-state index in [0.717, 1.165) is 28.5 Å². The molecule has 1 aliphatic rings. The first-order valence-corrected chi connectivity index (χ1v) is 9.90. The van der Waals surface area contributed by atoms with E-state index >= 15 is 0 Å². The molecule has 8 heteroatoms. The molecule has 6 nitrogen and oxygen atoms in total. The zero-order valence-corrected chi connectivity index (χ0v) is 16.2. The fraction of sp³-hybridized carbons (Fsp3) is 0.318. The highest BCUT2D eigenvalue weighted by Gasteiger charge is 2.30. The summed E-state index contributed by atoms with van der Waals surface area (Å²) in [5.74, 6) is -0.899. The normalized spacial score (nSPS) is 18.6. The second-order valence-electron chi connectivity index (χ2n) is 7.59. The Kier molecular flexibility index (Phi) is 5.74. The van der Waals surface area contributed by atoms with Crippen LogP contribution in [0.1, 0.15) is 36.4 Å². The van der Waals surface area contributed by atoms with Crippen molar-refractivity contribution in [1.29, 1.82) is 0 Å². The number of amides is 2. The molecular formula is C22H22F2N4O2. The summed E-state index contributed by atoms with van der Waals surface area (Å²) >= 11 is 0. The Bertz CT molecular complexity index is 1060. The Labute approximate surface area is 172 Å². The SMILES string of the molecule is O=C(Cc1cccc2ccccc12)Nc1cc(C2CCC(NC(=O)C(F)F)C2)[nH]n1. The molecule has 1 aromatic heterocycles. The van der Waals surface area contributed by atoms with Gasteiger partial charge in [-0.25, -0.2) is 0 Å². The van der Waals surface area contributed by atoms with E-state index in [1.54, 1.807) is 6.07 Å². The molecule has 0 bridgehead atoms. The van der Waals surface area contributed by atoms with Crippen LogP contribution in [0.3, 0.4) is 0 Å². The van der Waals surface area contributed by atoms with Gasteiger partial charge in [-0.2, -0.15) is 13.9 Å². The van der Waals surface area contributed by atoms with Crippen molar-refractivity contribution in [1.82, 2.24) is 15.5 Å². The predicted octanol–water partition coefficient (Wildman–Crippen LogP) is 3.76. The molecule has 156 valence electrons. The highest BCUT2D eigenvalue weighted by atomic mass is 19.3. The van der Waals surface area contributed by atoms with Gasteiger partial charge in [-0.15, -0.1) is 0 Å². The van der Waals surface area contributed by atoms with Crippen molar-refractivity contribution < 1.29 is 18.4 Å². The lowest BCUT2D eigenvalue weighted by Gasteiger charge is -2.12. The third-order valence-electron chi connectivity index (χ3n) is 5.51. The number of anilines is 1. The number of alkyl halides is 2. The molecule has 3 aromatic rings. The maximum atomic E-state index is 12.5. The third kappa shape index (κ3) is 4.48. The Morgan fingerprint density at radius 3 is 2.77 bits per heavy atom. The average molecular weight is 412 g/mol. The van der Waals surface area contributed by atoms with Crippen LogP contribution >= 0.6 is 0 Å². The van der Waals surface area contributed by atoms with Crippen LogP contribution in [0.4, 0.5) is 14.6 Å². The number of hydrogen-bond donors (Lipinski definition) is 3. The number of carbonyl (C=O) groups excluding carboxylic acids is 2. The summed E-state index contributed by atoms with van der Waals surface area (Å²) in [6, 6.07) is 15.3. The van der Waals surface area contributed by atoms with E-state index in [2.05, 4.69) is 20.8 Å². The van der Waals surface area contributed by atoms with E-state index in [9.17, 15) is 18.4 Å². The Hall–Kier alpha value is -3.29. The summed E-state index contributed by atoms with van der Waals surface area (Å²) in [6.07, 6.45) is -0.830. The van der Waals surface area contributed by atoms with Gasteiger partial charge in [-0.1, -0.05) is 42.5 Å². The number of rotatable bonds is 6. The molecule has 0 aliphatic heterocycles. The third-order valence-corrected chi connectivity index (χ3v) is 5.51. The van der Waals surface area contributed by atoms with Crippen LogP contribution in [0, 0.1) is 0 Å². The largest absolute Gasteiger partial charge is 0.348 e. The molecule has 2 unspecified atom stereocenters. The van der Waals surface area contributed by atoms with Gasteiger partial charge in [-0.3, -0.25) is 14.7 Å². The van der Waals surface area contributed by atoms with Crippen molar-refractivity contribution in [3.8, 4) is 0 Å². The number of benzene rings is 2. The van der Waals surface area contributed by atoms with Gasteiger partial charge in [0, 0.05) is 23.7 Å². The van der Waals surface area contributed by atoms with Crippen LogP contribution < -0.4 is 10.6 Å². The highest BCUT2D eigenvalue weighted by molar-refractivity contribution is 5.95. The number of fused-ring (bicyclic) bond motifs is 1. The lowest BCUT2D eigenvalue weighted by Crippen LogP contribution is -2.37. The van der Waals surface area contributed by atoms with E-state index in [-0.39, 0.29) is 24.3 Å². The van der Waals surface area contributed by atoms with E-state index in [1.807, 2.05) is 42.5 Å². The number of aromatic amines is 1. The first-order valence-electron chi connectivity index (χ1n) is 9.90. The lowest BCUT2D eigenvalue weighted by atomic mass is 10.0. The first kappa shape index (κ1) is 20.0. The van der Waals surface area contributed by atoms with Gasteiger partial charge in [0.1, 0.15) is 0 Å². The molecule has 0 spiro atoms. The van der Waals surface area contributed by atoms with E-state index in [4.69, 9.17) is 0 Å². The Morgan fingerprint density at radius 2 is 1.93 bits per heavy atom. The van der Waals surface area contributed by atoms with E-state index < -0.39 is 12.3 Å². The zero-order chi connectivity index (χ0) is 21.1. The smallest absolute Gasteiger partial charge is 0.315 e. The number of nitrogens with zero attached hydrogens (tertiary/aromatic N) is 1. The number of carbonyl (C=O) groups is 2. The molecule has 1 saturated carbocycles. The van der Waals surface area contributed by atoms with Crippen molar-refractivity contribution in [2.45, 2.75) is 44.1 Å². The van der Waals surface area contributed by atoms with Gasteiger partial charge in [0.05, 0.1) is 6.42 Å². The zero-order valence-electron chi connectivity index (χ0n) is 16.2. The molecule has 1 fully saturated rings. The highest BCUT2D eigenvalue weighted by Crippen LogP contribution is 2.34. The summed E-state index contributed by atoms with van der Waals surface area (Å²) in [5, 5.41) is 14.4. The van der Waals surface area contributed by atoms with Gasteiger partial charge in [0.15, 0.2) is 5.82 Å². The molecule has 4 rings (SSSR count). The maximum absolute atomic E-state index is 12.5. The van der Waals surface area contributed by atoms with Crippen LogP contribution in [-0.4, -0.2) is 34.5 Å². The summed E-state index contributed by atoms with van der Waals surface area (Å²) in [4.78, 5) is 23.7. The number of nitrogens with one attached hydrogen (secondary N) is 3. The van der Waals surface area contributed by atoms with Gasteiger partial charge in [0.2, 0.25) is 5.91 Å². The van der Waals surface area contributed by atoms with Crippen molar-refractivity contribution >= 4 is 28.4 Å². The van der Waals surface area contributed by atoms with Crippen LogP contribution in [0.5, 0.6) is 0 Å². The Balaban J connectivity index is 1.35. The predicted molar refractivity (Wildman–Crippen MR) is 109 cm³/mol. The van der Waals surface area contributed by atoms with Crippen LogP contribution in [0.15, 0.2) is 48.5 Å². The second kappa shape index (κ2) is 8.61. The summed E-state index contributed by atoms with van der Waals surface area (Å²) < 4.78 is 24.8. The van der Waals surface area contributed by atoms with Crippen molar-refractivity contribution in [2.75, 3.05) is 5.32 Å². The Morgan fingerprint density at radius 1 is 1.13 bits per heavy atom. The number of hydrogen-bond acceptors (Lipinski definition) is 3. The molecule has 30 heavy (non-hydrogen) atoms. The van der Waals surface area contributed by atoms with Crippen molar-refractivity contribution in [2.24, 2.45) is 0 Å². The van der Waals surface area contributed by atoms with Gasteiger partial charge >= 0.3 is 6.43 Å². The fourth-order valence-corrected chi connectivity index (χ4v) is 4.08. The lowest BCUT2D eigenvalue weighted by molar-refractivity contribution is -0.132. The molecular weight excluding hydrogens is 390 g/mol. The van der Waals surface area contributed by atoms with Gasteiger partial charge < -0.3 is 10.6 Å². The summed E-state index contributed by atoms with van der Waals surface area (Å²) in [5.41, 5.74) is 1.76. The molecule has 0 saturated heterocycles. The molecule has 2 amide bonds. The van der Waals surface area contributed by atoms with E-state index in [1.165, 1.54) is 0 Å². The van der Waals surface area contributed by atoms with Gasteiger partial charge in [-0.05, 0) is 35.6 Å². The van der Waals surface area contributed by atoms with Crippen LogP contribution in [-0.2, 0) is 16.0 Å². The quantitative estimate of drug-likeness (QED) is 0.576. The maximum Gasteiger partial charge on any atom is 0.315 e. The molecule has 2 aromatic carbocycles. The fourth-order valence-electron chi connectivity index (χ4n) is 4.08. The standard InChI is InChI=1S/C22H22F2N4O2/c23-21(24)22(30)25-16-9-8-15(10-16)18-12-19(28-27-18)26-20(29)11-14-6-3-5-13-4-1-2-7-17(13)14/h1-7,12,15-16,21H,8-11H2,(H,25,30)(H2,26,27,28,29). The van der Waals surface area contributed by atoms with Crippen LogP contribution in [0.2, 0.25) is 0 Å². The van der Waals surface area contributed by atoms with Crippen molar-refractivity contribution in [3.05, 3.63) is 59.8 Å². The molecule has 0 radical (unpaired) electrons. The number of H-pyrrole nitrogens is 1. The molecule has 1 heterocycles. The topological polar surface area (TPSA) is 86.9 Å². The second-order valence-corrected chi connectivity index (χ2v) is 7.59. The number of halogens is 2. The summed E-state index contributed by atoms with van der Waals surface area (Å²) in [7, 11) is 0. The minimum atomic E-state index is -3.00. The molecule has 2 atom stereocenters.